The summed E-state index contributed by atoms with van der Waals surface area (Å²) in [5, 5.41) is 10.6. The van der Waals surface area contributed by atoms with E-state index in [2.05, 4.69) is 23.8 Å². The summed E-state index contributed by atoms with van der Waals surface area (Å²) in [7, 11) is 1.62. The molecule has 5 rings (SSSR count). The number of nitrogen functional groups attached to an aromatic ring is 1. The summed E-state index contributed by atoms with van der Waals surface area (Å²) in [4.78, 5) is 8.67. The number of fused-ring (bicyclic) bond motifs is 3. The third-order valence-corrected chi connectivity index (χ3v) is 6.50. The molecule has 0 radical (unpaired) electrons. The Morgan fingerprint density at radius 2 is 1.88 bits per heavy atom. The fourth-order valence-electron chi connectivity index (χ4n) is 4.88. The molecule has 0 atom stereocenters. The smallest absolute Gasteiger partial charge is 0.139 e. The van der Waals surface area contributed by atoms with Gasteiger partial charge in [0.25, 0.3) is 0 Å². The number of nitrogens with two attached hydrogens (primary N) is 2. The van der Waals surface area contributed by atoms with Crippen LogP contribution in [0.1, 0.15) is 57.1 Å². The molecule has 2 aliphatic carbocycles. The monoisotopic (exact) mass is 435 g/mol. The molecular formula is C25H33N5O2. The van der Waals surface area contributed by atoms with E-state index < -0.39 is 0 Å². The van der Waals surface area contributed by atoms with Gasteiger partial charge in [0.05, 0.1) is 24.7 Å². The molecule has 0 aliphatic heterocycles. The minimum atomic E-state index is -0.243. The van der Waals surface area contributed by atoms with Crippen LogP contribution in [-0.2, 0) is 11.8 Å². The lowest BCUT2D eigenvalue weighted by atomic mass is 9.71. The first-order chi connectivity index (χ1) is 15.3. The molecule has 2 aliphatic rings. The normalized spacial score (nSPS) is 17.0. The Bertz CT molecular complexity index is 1100. The van der Waals surface area contributed by atoms with E-state index in [4.69, 9.17) is 16.2 Å². The van der Waals surface area contributed by atoms with Crippen LogP contribution >= 0.6 is 0 Å². The zero-order chi connectivity index (χ0) is 22.9. The number of methoxy groups -OCH3 is 1. The fraction of sp³-hybridized carbons (Fsp3) is 0.440. The lowest BCUT2D eigenvalue weighted by molar-refractivity contribution is 0.414. The molecule has 0 unspecified atom stereocenters. The molecular weight excluding hydrogens is 402 g/mol. The Morgan fingerprint density at radius 3 is 2.50 bits per heavy atom. The predicted molar refractivity (Wildman–Crippen MR) is 127 cm³/mol. The molecule has 1 aromatic carbocycles. The topological polar surface area (TPSA) is 112 Å². The number of aromatic hydroxyl groups is 1. The second-order valence-corrected chi connectivity index (χ2v) is 9.36. The Kier molecular flexibility index (Phi) is 6.11. The van der Waals surface area contributed by atoms with E-state index in [1.165, 1.54) is 38.4 Å². The van der Waals surface area contributed by atoms with Crippen molar-refractivity contribution in [2.24, 2.45) is 5.73 Å². The molecule has 2 heterocycles. The number of rotatable bonds is 2. The molecule has 1 saturated carbocycles. The van der Waals surface area contributed by atoms with Crippen molar-refractivity contribution in [3.05, 3.63) is 48.0 Å². The number of nitrogens with zero attached hydrogens (tertiary/aromatic N) is 3. The Hall–Kier alpha value is -3.06. The van der Waals surface area contributed by atoms with Crippen molar-refractivity contribution in [1.29, 1.82) is 0 Å². The van der Waals surface area contributed by atoms with Crippen LogP contribution in [0.4, 0.5) is 5.82 Å². The number of ether oxygens (including phenoxy) is 1. The molecule has 1 fully saturated rings. The summed E-state index contributed by atoms with van der Waals surface area (Å²) in [5.41, 5.74) is 16.1. The Labute approximate surface area is 189 Å². The molecule has 5 N–H and O–H groups in total. The number of phenolic OH excluding ortho intramolecular Hbond substituents is 1. The van der Waals surface area contributed by atoms with E-state index in [1.54, 1.807) is 13.2 Å². The van der Waals surface area contributed by atoms with E-state index in [0.717, 1.165) is 40.2 Å². The average molecular weight is 436 g/mol. The summed E-state index contributed by atoms with van der Waals surface area (Å²) in [6.07, 6.45) is 12.6. The van der Waals surface area contributed by atoms with Gasteiger partial charge in [-0.25, -0.2) is 9.97 Å². The van der Waals surface area contributed by atoms with Crippen molar-refractivity contribution in [2.75, 3.05) is 12.8 Å². The van der Waals surface area contributed by atoms with Crippen LogP contribution in [-0.4, -0.2) is 32.8 Å². The third-order valence-electron chi connectivity index (χ3n) is 6.50. The molecule has 7 heteroatoms. The molecule has 3 aromatic rings. The highest BCUT2D eigenvalue weighted by Crippen LogP contribution is 2.47. The van der Waals surface area contributed by atoms with Crippen LogP contribution in [0.15, 0.2) is 36.9 Å². The van der Waals surface area contributed by atoms with Crippen LogP contribution < -0.4 is 16.2 Å². The number of anilines is 1. The third kappa shape index (κ3) is 4.17. The molecule has 0 bridgehead atoms. The number of phenols is 1. The van der Waals surface area contributed by atoms with Crippen LogP contribution in [0.2, 0.25) is 0 Å². The molecule has 32 heavy (non-hydrogen) atoms. The SMILES string of the molecule is COc1ccn(-c2c(O)ccc3c2CC(C)(C)c2c(N)ncnc2-3)c1.NC1CCCCC1. The second kappa shape index (κ2) is 8.82. The van der Waals surface area contributed by atoms with E-state index in [-0.39, 0.29) is 11.2 Å². The van der Waals surface area contributed by atoms with Crippen LogP contribution in [0.25, 0.3) is 16.9 Å². The van der Waals surface area contributed by atoms with Crippen LogP contribution in [0.3, 0.4) is 0 Å². The lowest BCUT2D eigenvalue weighted by Crippen LogP contribution is -2.29. The molecule has 0 saturated heterocycles. The number of hydrogen-bond acceptors (Lipinski definition) is 6. The number of benzene rings is 1. The minimum Gasteiger partial charge on any atom is -0.506 e. The summed E-state index contributed by atoms with van der Waals surface area (Å²) in [6, 6.07) is 5.99. The van der Waals surface area contributed by atoms with Gasteiger partial charge in [-0.3, -0.25) is 0 Å². The van der Waals surface area contributed by atoms with Gasteiger partial charge in [-0.05, 0) is 48.4 Å². The molecule has 0 spiro atoms. The van der Waals surface area contributed by atoms with E-state index in [9.17, 15) is 5.11 Å². The summed E-state index contributed by atoms with van der Waals surface area (Å²) in [6.45, 7) is 4.25. The van der Waals surface area contributed by atoms with Gasteiger partial charge in [0.15, 0.2) is 0 Å². The first-order valence-electron chi connectivity index (χ1n) is 11.3. The Balaban J connectivity index is 0.000000300. The van der Waals surface area contributed by atoms with Crippen molar-refractivity contribution in [3.63, 3.8) is 0 Å². The van der Waals surface area contributed by atoms with Crippen molar-refractivity contribution >= 4 is 5.82 Å². The average Bonchev–Trinajstić information content (AvgIpc) is 3.23. The van der Waals surface area contributed by atoms with Crippen molar-refractivity contribution < 1.29 is 9.84 Å². The zero-order valence-electron chi connectivity index (χ0n) is 19.1. The molecule has 170 valence electrons. The van der Waals surface area contributed by atoms with E-state index in [0.29, 0.717) is 11.9 Å². The van der Waals surface area contributed by atoms with Gasteiger partial charge in [-0.1, -0.05) is 33.1 Å². The van der Waals surface area contributed by atoms with Crippen molar-refractivity contribution in [2.45, 2.75) is 63.8 Å². The van der Waals surface area contributed by atoms with Gasteiger partial charge in [0.2, 0.25) is 0 Å². The fourth-order valence-corrected chi connectivity index (χ4v) is 4.88. The quantitative estimate of drug-likeness (QED) is 0.552. The highest BCUT2D eigenvalue weighted by molar-refractivity contribution is 5.80. The van der Waals surface area contributed by atoms with Crippen molar-refractivity contribution in [1.82, 2.24) is 14.5 Å². The standard InChI is InChI=1S/C19H20N4O2.C6H13N/c1-19(2)8-13-12(16-15(19)18(20)22-10-21-16)4-5-14(24)17(13)23-7-6-11(9-23)25-3;7-6-4-2-1-3-5-6/h4-7,9-10,24H,8H2,1-3H3,(H2,20,21,22);6H,1-5,7H2. The first-order valence-corrected chi connectivity index (χ1v) is 11.3. The summed E-state index contributed by atoms with van der Waals surface area (Å²) in [5.74, 6) is 1.47. The highest BCUT2D eigenvalue weighted by Gasteiger charge is 2.36. The summed E-state index contributed by atoms with van der Waals surface area (Å²) < 4.78 is 7.16. The van der Waals surface area contributed by atoms with E-state index in [1.807, 2.05) is 29.1 Å². The van der Waals surface area contributed by atoms with Gasteiger partial charge >= 0.3 is 0 Å². The van der Waals surface area contributed by atoms with Crippen molar-refractivity contribution in [3.8, 4) is 28.4 Å². The number of hydrogen-bond donors (Lipinski definition) is 3. The maximum Gasteiger partial charge on any atom is 0.139 e. The van der Waals surface area contributed by atoms with Gasteiger partial charge in [0, 0.05) is 23.4 Å². The highest BCUT2D eigenvalue weighted by atomic mass is 16.5. The van der Waals surface area contributed by atoms with Crippen LogP contribution in [0, 0.1) is 0 Å². The first kappa shape index (κ1) is 22.1. The van der Waals surface area contributed by atoms with Gasteiger partial charge in [-0.15, -0.1) is 0 Å². The maximum absolute atomic E-state index is 10.6. The molecule has 7 nitrogen and oxygen atoms in total. The largest absolute Gasteiger partial charge is 0.506 e. The number of aromatic nitrogens is 3. The molecule has 0 amide bonds. The minimum absolute atomic E-state index is 0.221. The Morgan fingerprint density at radius 1 is 1.12 bits per heavy atom. The van der Waals surface area contributed by atoms with Crippen LogP contribution in [0.5, 0.6) is 11.5 Å². The zero-order valence-corrected chi connectivity index (χ0v) is 19.1. The second-order valence-electron chi connectivity index (χ2n) is 9.36. The van der Waals surface area contributed by atoms with Gasteiger partial charge in [-0.2, -0.15) is 0 Å². The molecule has 2 aromatic heterocycles. The summed E-state index contributed by atoms with van der Waals surface area (Å²) >= 11 is 0. The van der Waals surface area contributed by atoms with E-state index >= 15 is 0 Å². The predicted octanol–water partition coefficient (Wildman–Crippen LogP) is 4.34. The maximum atomic E-state index is 10.6. The lowest BCUT2D eigenvalue weighted by Gasteiger charge is -2.35. The van der Waals surface area contributed by atoms with Gasteiger partial charge < -0.3 is 25.9 Å². The van der Waals surface area contributed by atoms with Gasteiger partial charge in [0.1, 0.15) is 23.6 Å².